The van der Waals surface area contributed by atoms with Gasteiger partial charge in [-0.3, -0.25) is 0 Å². The predicted molar refractivity (Wildman–Crippen MR) is 130 cm³/mol. The van der Waals surface area contributed by atoms with Crippen molar-refractivity contribution in [3.8, 4) is 17.2 Å². The normalized spacial score (nSPS) is 12.4. The monoisotopic (exact) mass is 462 g/mol. The number of hydrogen-bond acceptors (Lipinski definition) is 5. The molecule has 1 unspecified atom stereocenters. The molecule has 0 bridgehead atoms. The minimum Gasteiger partial charge on any atom is -0.496 e. The van der Waals surface area contributed by atoms with Crippen LogP contribution in [0.5, 0.6) is 17.2 Å². The van der Waals surface area contributed by atoms with Crippen LogP contribution >= 0.6 is 0 Å². The van der Waals surface area contributed by atoms with Crippen molar-refractivity contribution in [1.82, 2.24) is 0 Å². The van der Waals surface area contributed by atoms with Crippen LogP contribution in [0.3, 0.4) is 0 Å². The van der Waals surface area contributed by atoms with Crippen molar-refractivity contribution in [3.63, 3.8) is 0 Å². The minimum absolute atomic E-state index is 0.239. The van der Waals surface area contributed by atoms with Crippen molar-refractivity contribution in [2.45, 2.75) is 17.1 Å². The Morgan fingerprint density at radius 1 is 0.667 bits per heavy atom. The first kappa shape index (κ1) is 22.7. The van der Waals surface area contributed by atoms with Crippen LogP contribution in [0.2, 0.25) is 0 Å². The van der Waals surface area contributed by atoms with Gasteiger partial charge in [0.05, 0.1) is 26.2 Å². The summed E-state index contributed by atoms with van der Waals surface area (Å²) in [5, 5.41) is 0.977. The molecular formula is C27H26O5S. The Bertz CT molecular complexity index is 1390. The number of hydrogen-bond donors (Lipinski definition) is 0. The highest BCUT2D eigenvalue weighted by Crippen LogP contribution is 2.44. The molecule has 0 N–H and O–H groups in total. The first-order valence-electron chi connectivity index (χ1n) is 10.5. The fourth-order valence-corrected chi connectivity index (χ4v) is 5.83. The summed E-state index contributed by atoms with van der Waals surface area (Å²) in [4.78, 5) is 0.239. The smallest absolute Gasteiger partial charge is 0.189 e. The lowest BCUT2D eigenvalue weighted by atomic mass is 9.99. The second kappa shape index (κ2) is 9.16. The predicted octanol–water partition coefficient (Wildman–Crippen LogP) is 5.74. The highest BCUT2D eigenvalue weighted by atomic mass is 32.2. The van der Waals surface area contributed by atoms with Gasteiger partial charge in [0.2, 0.25) is 0 Å². The number of fused-ring (bicyclic) bond motifs is 1. The van der Waals surface area contributed by atoms with Gasteiger partial charge in [-0.2, -0.15) is 0 Å². The number of methoxy groups -OCH3 is 3. The Labute approximate surface area is 194 Å². The zero-order valence-corrected chi connectivity index (χ0v) is 19.8. The second-order valence-corrected chi connectivity index (χ2v) is 9.83. The number of ether oxygens (including phenoxy) is 3. The van der Waals surface area contributed by atoms with Crippen molar-refractivity contribution >= 4 is 20.6 Å². The molecule has 5 nitrogen and oxygen atoms in total. The fraction of sp³-hybridized carbons (Fsp3) is 0.185. The molecule has 0 aliphatic carbocycles. The lowest BCUT2D eigenvalue weighted by Gasteiger charge is -2.23. The standard InChI is InChI=1S/C27H26O5S/c1-18-9-13-22(14-10-18)33(28,29)27(21-12-11-19-7-5-6-8-20(19)15-21)23-16-25(31-3)26(32-4)17-24(23)30-2/h5-17,27H,1-4H3. The molecule has 4 rings (SSSR count). The molecule has 0 spiro atoms. The van der Waals surface area contributed by atoms with Crippen LogP contribution in [-0.4, -0.2) is 29.7 Å². The van der Waals surface area contributed by atoms with Crippen LogP contribution in [0.4, 0.5) is 0 Å². The van der Waals surface area contributed by atoms with Gasteiger partial charge < -0.3 is 14.2 Å². The summed E-state index contributed by atoms with van der Waals surface area (Å²) in [5.41, 5.74) is 2.10. The van der Waals surface area contributed by atoms with Crippen molar-refractivity contribution < 1.29 is 22.6 Å². The van der Waals surface area contributed by atoms with Gasteiger partial charge in [-0.25, -0.2) is 8.42 Å². The zero-order chi connectivity index (χ0) is 23.6. The molecular weight excluding hydrogens is 436 g/mol. The van der Waals surface area contributed by atoms with E-state index in [-0.39, 0.29) is 4.90 Å². The maximum Gasteiger partial charge on any atom is 0.189 e. The SMILES string of the molecule is COc1cc(OC)c(C(c2ccc3ccccc3c2)S(=O)(=O)c2ccc(C)cc2)cc1OC. The van der Waals surface area contributed by atoms with Crippen LogP contribution in [0.25, 0.3) is 10.8 Å². The van der Waals surface area contributed by atoms with Gasteiger partial charge in [0.15, 0.2) is 21.3 Å². The molecule has 4 aromatic rings. The van der Waals surface area contributed by atoms with Crippen LogP contribution in [0, 0.1) is 6.92 Å². The quantitative estimate of drug-likeness (QED) is 0.351. The zero-order valence-electron chi connectivity index (χ0n) is 19.0. The Morgan fingerprint density at radius 2 is 1.27 bits per heavy atom. The van der Waals surface area contributed by atoms with Gasteiger partial charge in [-0.15, -0.1) is 0 Å². The lowest BCUT2D eigenvalue weighted by molar-refractivity contribution is 0.347. The molecule has 0 heterocycles. The summed E-state index contributed by atoms with van der Waals surface area (Å²) in [6.45, 7) is 1.93. The molecule has 0 aliphatic rings. The molecule has 0 saturated heterocycles. The summed E-state index contributed by atoms with van der Waals surface area (Å²) >= 11 is 0. The summed E-state index contributed by atoms with van der Waals surface area (Å²) in [6.07, 6.45) is 0. The molecule has 4 aromatic carbocycles. The van der Waals surface area contributed by atoms with E-state index in [0.717, 1.165) is 16.3 Å². The van der Waals surface area contributed by atoms with Crippen LogP contribution in [0.15, 0.2) is 83.8 Å². The highest BCUT2D eigenvalue weighted by molar-refractivity contribution is 7.92. The first-order chi connectivity index (χ1) is 15.9. The Kier molecular flexibility index (Phi) is 6.29. The summed E-state index contributed by atoms with van der Waals surface area (Å²) in [6, 6.07) is 23.8. The van der Waals surface area contributed by atoms with Crippen molar-refractivity contribution in [2.75, 3.05) is 21.3 Å². The van der Waals surface area contributed by atoms with Crippen molar-refractivity contribution in [2.24, 2.45) is 0 Å². The van der Waals surface area contributed by atoms with Crippen LogP contribution < -0.4 is 14.2 Å². The molecule has 6 heteroatoms. The summed E-state index contributed by atoms with van der Waals surface area (Å²) in [7, 11) is 0.719. The maximum atomic E-state index is 14.1. The lowest BCUT2D eigenvalue weighted by Crippen LogP contribution is -2.16. The van der Waals surface area contributed by atoms with E-state index in [1.165, 1.54) is 21.3 Å². The van der Waals surface area contributed by atoms with E-state index in [4.69, 9.17) is 14.2 Å². The minimum atomic E-state index is -3.85. The third kappa shape index (κ3) is 4.26. The molecule has 1 atom stereocenters. The topological polar surface area (TPSA) is 61.8 Å². The molecule has 0 fully saturated rings. The molecule has 0 saturated carbocycles. The summed E-state index contributed by atoms with van der Waals surface area (Å²) in [5.74, 6) is 1.29. The largest absolute Gasteiger partial charge is 0.496 e. The number of sulfone groups is 1. The van der Waals surface area contributed by atoms with Gasteiger partial charge >= 0.3 is 0 Å². The molecule has 0 radical (unpaired) electrons. The van der Waals surface area contributed by atoms with Crippen molar-refractivity contribution in [3.05, 3.63) is 95.6 Å². The third-order valence-corrected chi connectivity index (χ3v) is 7.83. The maximum absolute atomic E-state index is 14.1. The molecule has 0 aliphatic heterocycles. The first-order valence-corrected chi connectivity index (χ1v) is 12.0. The fourth-order valence-electron chi connectivity index (χ4n) is 4.02. The number of benzene rings is 4. The van der Waals surface area contributed by atoms with Crippen LogP contribution in [0.1, 0.15) is 21.9 Å². The van der Waals surface area contributed by atoms with Crippen molar-refractivity contribution in [1.29, 1.82) is 0 Å². The Balaban J connectivity index is 2.02. The molecule has 33 heavy (non-hydrogen) atoms. The molecule has 0 aromatic heterocycles. The number of rotatable bonds is 7. The van der Waals surface area contributed by atoms with Gasteiger partial charge in [0.25, 0.3) is 0 Å². The Morgan fingerprint density at radius 3 is 1.91 bits per heavy atom. The van der Waals surface area contributed by atoms with E-state index in [9.17, 15) is 8.42 Å². The van der Waals surface area contributed by atoms with Gasteiger partial charge in [0.1, 0.15) is 11.0 Å². The van der Waals surface area contributed by atoms with Gasteiger partial charge in [0, 0.05) is 11.6 Å². The average molecular weight is 463 g/mol. The van der Waals surface area contributed by atoms with Crippen LogP contribution in [-0.2, 0) is 9.84 Å². The average Bonchev–Trinajstić information content (AvgIpc) is 2.83. The van der Waals surface area contributed by atoms with E-state index < -0.39 is 15.1 Å². The third-order valence-electron chi connectivity index (χ3n) is 5.75. The van der Waals surface area contributed by atoms with E-state index in [2.05, 4.69) is 0 Å². The summed E-state index contributed by atoms with van der Waals surface area (Å²) < 4.78 is 44.7. The van der Waals surface area contributed by atoms with E-state index in [1.54, 1.807) is 36.4 Å². The molecule has 170 valence electrons. The Hall–Kier alpha value is -3.51. The van der Waals surface area contributed by atoms with E-state index in [1.807, 2.05) is 49.4 Å². The van der Waals surface area contributed by atoms with E-state index in [0.29, 0.717) is 28.4 Å². The molecule has 0 amide bonds. The highest BCUT2D eigenvalue weighted by Gasteiger charge is 2.34. The van der Waals surface area contributed by atoms with E-state index >= 15 is 0 Å². The second-order valence-electron chi connectivity index (χ2n) is 7.79. The van der Waals surface area contributed by atoms with Gasteiger partial charge in [-0.05, 0) is 47.5 Å². The van der Waals surface area contributed by atoms with Gasteiger partial charge in [-0.1, -0.05) is 54.1 Å². The number of aryl methyl sites for hydroxylation is 1.